The lowest BCUT2D eigenvalue weighted by atomic mass is 9.94. The molecule has 1 saturated heterocycles. The number of hydrogen-bond donors (Lipinski definition) is 1. The van der Waals surface area contributed by atoms with Crippen LogP contribution in [0.1, 0.15) is 29.3 Å². The fraction of sp³-hybridized carbons (Fsp3) is 0.391. The van der Waals surface area contributed by atoms with Crippen molar-refractivity contribution in [1.29, 1.82) is 0 Å². The Morgan fingerprint density at radius 2 is 1.74 bits per heavy atom. The number of nitrogens with two attached hydrogens (primary N) is 1. The predicted molar refractivity (Wildman–Crippen MR) is 126 cm³/mol. The minimum absolute atomic E-state index is 0. The number of hydrogen-bond acceptors (Lipinski definition) is 6. The van der Waals surface area contributed by atoms with Crippen molar-refractivity contribution in [1.82, 2.24) is 4.90 Å². The van der Waals surface area contributed by atoms with Gasteiger partial charge in [-0.1, -0.05) is 30.3 Å². The van der Waals surface area contributed by atoms with Crippen LogP contribution in [0.15, 0.2) is 54.6 Å². The van der Waals surface area contributed by atoms with E-state index in [-0.39, 0.29) is 30.8 Å². The van der Waals surface area contributed by atoms with Gasteiger partial charge < -0.3 is 20.1 Å². The summed E-state index contributed by atoms with van der Waals surface area (Å²) in [4.78, 5) is 27.3. The van der Waals surface area contributed by atoms with Gasteiger partial charge in [-0.05, 0) is 49.6 Å². The van der Waals surface area contributed by atoms with Gasteiger partial charge in [-0.3, -0.25) is 4.79 Å². The molecule has 0 bridgehead atoms. The van der Waals surface area contributed by atoms with E-state index in [9.17, 15) is 9.59 Å². The SMILES string of the molecule is CCOC(=O)C1CN(CCc2ccccc2)CCC1OC(=O)c1ccc(N)cc1.Cl.Cl. The summed E-state index contributed by atoms with van der Waals surface area (Å²) in [7, 11) is 0. The van der Waals surface area contributed by atoms with Crippen LogP contribution in [-0.4, -0.2) is 49.2 Å². The summed E-state index contributed by atoms with van der Waals surface area (Å²) < 4.78 is 11.0. The second-order valence-corrected chi connectivity index (χ2v) is 7.25. The summed E-state index contributed by atoms with van der Waals surface area (Å²) in [5.74, 6) is -1.24. The van der Waals surface area contributed by atoms with Crippen LogP contribution in [-0.2, 0) is 20.7 Å². The quantitative estimate of drug-likeness (QED) is 0.491. The van der Waals surface area contributed by atoms with Gasteiger partial charge in [0.15, 0.2) is 0 Å². The van der Waals surface area contributed by atoms with E-state index in [1.165, 1.54) is 5.56 Å². The summed E-state index contributed by atoms with van der Waals surface area (Å²) in [6.45, 7) is 4.22. The molecule has 0 amide bonds. The van der Waals surface area contributed by atoms with Gasteiger partial charge in [-0.25, -0.2) is 4.79 Å². The van der Waals surface area contributed by atoms with Crippen molar-refractivity contribution < 1.29 is 19.1 Å². The topological polar surface area (TPSA) is 81.9 Å². The summed E-state index contributed by atoms with van der Waals surface area (Å²) in [5.41, 5.74) is 7.94. The highest BCUT2D eigenvalue weighted by Crippen LogP contribution is 2.23. The smallest absolute Gasteiger partial charge is 0.338 e. The lowest BCUT2D eigenvalue weighted by Crippen LogP contribution is -2.49. The molecule has 0 spiro atoms. The first-order valence-electron chi connectivity index (χ1n) is 10.1. The molecule has 0 radical (unpaired) electrons. The van der Waals surface area contributed by atoms with Gasteiger partial charge in [0.2, 0.25) is 0 Å². The lowest BCUT2D eigenvalue weighted by molar-refractivity contribution is -0.155. The highest BCUT2D eigenvalue weighted by Gasteiger charge is 2.38. The maximum absolute atomic E-state index is 12.5. The van der Waals surface area contributed by atoms with E-state index in [2.05, 4.69) is 17.0 Å². The van der Waals surface area contributed by atoms with Crippen molar-refractivity contribution in [2.75, 3.05) is 32.0 Å². The average molecular weight is 469 g/mol. The van der Waals surface area contributed by atoms with Gasteiger partial charge in [0.1, 0.15) is 12.0 Å². The number of piperidine rings is 1. The van der Waals surface area contributed by atoms with Crippen LogP contribution in [0.5, 0.6) is 0 Å². The first-order valence-corrected chi connectivity index (χ1v) is 10.1. The van der Waals surface area contributed by atoms with Gasteiger partial charge in [0, 0.05) is 25.3 Å². The maximum atomic E-state index is 12.5. The van der Waals surface area contributed by atoms with Gasteiger partial charge in [-0.15, -0.1) is 24.8 Å². The van der Waals surface area contributed by atoms with Crippen LogP contribution in [0.4, 0.5) is 5.69 Å². The number of carbonyl (C=O) groups is 2. The van der Waals surface area contributed by atoms with Crippen molar-refractivity contribution >= 4 is 42.4 Å². The first kappa shape index (κ1) is 26.8. The molecule has 2 aromatic carbocycles. The van der Waals surface area contributed by atoms with Crippen LogP contribution in [0.25, 0.3) is 0 Å². The van der Waals surface area contributed by atoms with Crippen molar-refractivity contribution in [2.45, 2.75) is 25.9 Å². The number of anilines is 1. The van der Waals surface area contributed by atoms with Crippen LogP contribution >= 0.6 is 24.8 Å². The summed E-state index contributed by atoms with van der Waals surface area (Å²) in [6, 6.07) is 16.8. The number of rotatable bonds is 7. The molecule has 6 nitrogen and oxygen atoms in total. The fourth-order valence-corrected chi connectivity index (χ4v) is 3.57. The zero-order chi connectivity index (χ0) is 20.6. The molecule has 2 atom stereocenters. The minimum Gasteiger partial charge on any atom is -0.466 e. The molecule has 1 fully saturated rings. The van der Waals surface area contributed by atoms with E-state index < -0.39 is 18.0 Å². The van der Waals surface area contributed by atoms with Crippen LogP contribution < -0.4 is 5.73 Å². The number of likely N-dealkylation sites (tertiary alicyclic amines) is 1. The summed E-state index contributed by atoms with van der Waals surface area (Å²) >= 11 is 0. The lowest BCUT2D eigenvalue weighted by Gasteiger charge is -2.36. The third kappa shape index (κ3) is 7.73. The molecular weight excluding hydrogens is 439 g/mol. The monoisotopic (exact) mass is 468 g/mol. The van der Waals surface area contributed by atoms with E-state index in [1.54, 1.807) is 31.2 Å². The van der Waals surface area contributed by atoms with Crippen LogP contribution in [0, 0.1) is 5.92 Å². The predicted octanol–water partition coefficient (Wildman–Crippen LogP) is 3.77. The third-order valence-electron chi connectivity index (χ3n) is 5.19. The standard InChI is InChI=1S/C23H28N2O4.2ClH/c1-2-28-23(27)20-16-25(14-12-17-6-4-3-5-7-17)15-13-21(20)29-22(26)18-8-10-19(24)11-9-18;;/h3-11,20-21H,2,12-16,24H2,1H3;2*1H. The number of carbonyl (C=O) groups excluding carboxylic acids is 2. The molecule has 31 heavy (non-hydrogen) atoms. The number of ether oxygens (including phenoxy) is 2. The Balaban J connectivity index is 0.00000240. The number of halogens is 2. The van der Waals surface area contributed by atoms with Crippen molar-refractivity contribution in [3.8, 4) is 0 Å². The highest BCUT2D eigenvalue weighted by molar-refractivity contribution is 5.90. The molecule has 0 aromatic heterocycles. The fourth-order valence-electron chi connectivity index (χ4n) is 3.57. The normalized spacial score (nSPS) is 18.2. The number of nitrogen functional groups attached to an aromatic ring is 1. The van der Waals surface area contributed by atoms with E-state index in [4.69, 9.17) is 15.2 Å². The number of benzene rings is 2. The average Bonchev–Trinajstić information content (AvgIpc) is 2.74. The minimum atomic E-state index is -0.493. The molecule has 0 aliphatic carbocycles. The Kier molecular flexibility index (Phi) is 11.4. The molecule has 1 aliphatic rings. The molecule has 3 rings (SSSR count). The Morgan fingerprint density at radius 3 is 2.39 bits per heavy atom. The van der Waals surface area contributed by atoms with E-state index >= 15 is 0 Å². The Hall–Kier alpha value is -2.28. The zero-order valence-electron chi connectivity index (χ0n) is 17.6. The molecule has 1 aliphatic heterocycles. The molecular formula is C23H30Cl2N2O4. The molecule has 170 valence electrons. The third-order valence-corrected chi connectivity index (χ3v) is 5.19. The van der Waals surface area contributed by atoms with Crippen LogP contribution in [0.3, 0.4) is 0 Å². The first-order chi connectivity index (χ1) is 14.1. The highest BCUT2D eigenvalue weighted by atomic mass is 35.5. The van der Waals surface area contributed by atoms with Crippen molar-refractivity contribution in [3.05, 3.63) is 65.7 Å². The van der Waals surface area contributed by atoms with Gasteiger partial charge >= 0.3 is 11.9 Å². The second kappa shape index (κ2) is 13.2. The number of nitrogens with zero attached hydrogens (tertiary/aromatic N) is 1. The number of esters is 2. The Morgan fingerprint density at radius 1 is 1.06 bits per heavy atom. The van der Waals surface area contributed by atoms with E-state index in [1.807, 2.05) is 18.2 Å². The summed E-state index contributed by atoms with van der Waals surface area (Å²) in [6.07, 6.45) is 1.01. The van der Waals surface area contributed by atoms with Gasteiger partial charge in [0.05, 0.1) is 12.2 Å². The second-order valence-electron chi connectivity index (χ2n) is 7.25. The maximum Gasteiger partial charge on any atom is 0.338 e. The van der Waals surface area contributed by atoms with Crippen molar-refractivity contribution in [2.24, 2.45) is 5.92 Å². The molecule has 0 saturated carbocycles. The van der Waals surface area contributed by atoms with E-state index in [0.29, 0.717) is 30.8 Å². The van der Waals surface area contributed by atoms with Crippen molar-refractivity contribution in [3.63, 3.8) is 0 Å². The molecule has 2 aromatic rings. The largest absolute Gasteiger partial charge is 0.466 e. The molecule has 1 heterocycles. The van der Waals surface area contributed by atoms with E-state index in [0.717, 1.165) is 19.5 Å². The zero-order valence-corrected chi connectivity index (χ0v) is 19.2. The Bertz CT molecular complexity index is 818. The molecule has 8 heteroatoms. The molecule has 2 unspecified atom stereocenters. The Labute approximate surface area is 195 Å². The molecule has 2 N–H and O–H groups in total. The van der Waals surface area contributed by atoms with Gasteiger partial charge in [-0.2, -0.15) is 0 Å². The van der Waals surface area contributed by atoms with Crippen LogP contribution in [0.2, 0.25) is 0 Å². The van der Waals surface area contributed by atoms with Gasteiger partial charge in [0.25, 0.3) is 0 Å². The summed E-state index contributed by atoms with van der Waals surface area (Å²) in [5, 5.41) is 0.